The molecular formula is C14H19NO7. The molecule has 0 aliphatic carbocycles. The lowest BCUT2D eigenvalue weighted by atomic mass is 10.2. The third-order valence-corrected chi connectivity index (χ3v) is 2.27. The van der Waals surface area contributed by atoms with E-state index in [9.17, 15) is 4.79 Å². The van der Waals surface area contributed by atoms with E-state index < -0.39 is 17.9 Å². The van der Waals surface area contributed by atoms with Crippen LogP contribution in [0, 0.1) is 6.92 Å². The number of ether oxygens (including phenoxy) is 1. The van der Waals surface area contributed by atoms with Crippen molar-refractivity contribution in [3.05, 3.63) is 29.8 Å². The largest absolute Gasteiger partial charge is 0.492 e. The van der Waals surface area contributed by atoms with Gasteiger partial charge < -0.3 is 25.4 Å². The van der Waals surface area contributed by atoms with E-state index in [1.807, 2.05) is 31.2 Å². The number of nitrogens with one attached hydrogen (secondary N) is 1. The van der Waals surface area contributed by atoms with Crippen molar-refractivity contribution in [1.29, 1.82) is 0 Å². The molecule has 1 rings (SSSR count). The summed E-state index contributed by atoms with van der Waals surface area (Å²) in [6, 6.07) is 7.83. The van der Waals surface area contributed by atoms with E-state index in [-0.39, 0.29) is 6.42 Å². The number of hydrogen-bond donors (Lipinski definition) is 4. The normalized spacial score (nSPS) is 9.32. The molecule has 0 saturated heterocycles. The molecule has 8 nitrogen and oxygen atoms in total. The molecule has 0 aromatic heterocycles. The Morgan fingerprint density at radius 2 is 1.55 bits per heavy atom. The van der Waals surface area contributed by atoms with Crippen LogP contribution in [-0.4, -0.2) is 52.9 Å². The van der Waals surface area contributed by atoms with Crippen LogP contribution in [-0.2, 0) is 14.4 Å². The zero-order valence-electron chi connectivity index (χ0n) is 12.1. The maximum atomic E-state index is 10.2. The van der Waals surface area contributed by atoms with E-state index in [1.54, 1.807) is 0 Å². The molecule has 22 heavy (non-hydrogen) atoms. The topological polar surface area (TPSA) is 133 Å². The Balaban J connectivity index is 0.000000626. The number of aliphatic carboxylic acids is 3. The molecule has 0 aliphatic heterocycles. The Bertz CT molecular complexity index is 472. The molecule has 122 valence electrons. The van der Waals surface area contributed by atoms with Crippen molar-refractivity contribution in [3.8, 4) is 5.75 Å². The van der Waals surface area contributed by atoms with Crippen molar-refractivity contribution < 1.29 is 34.4 Å². The van der Waals surface area contributed by atoms with Crippen LogP contribution in [0.5, 0.6) is 5.75 Å². The molecule has 0 spiro atoms. The summed E-state index contributed by atoms with van der Waals surface area (Å²) in [4.78, 5) is 28.4. The average Bonchev–Trinajstić information content (AvgIpc) is 2.45. The van der Waals surface area contributed by atoms with Gasteiger partial charge in [0.2, 0.25) is 0 Å². The number of benzene rings is 1. The number of carboxylic acids is 3. The minimum Gasteiger partial charge on any atom is -0.492 e. The highest BCUT2D eigenvalue weighted by Gasteiger charge is 2.04. The van der Waals surface area contributed by atoms with Gasteiger partial charge >= 0.3 is 17.9 Å². The van der Waals surface area contributed by atoms with Gasteiger partial charge in [-0.05, 0) is 19.1 Å². The molecular weight excluding hydrogens is 294 g/mol. The molecule has 0 radical (unpaired) electrons. The zero-order valence-corrected chi connectivity index (χ0v) is 12.1. The standard InChI is InChI=1S/C12H17NO3.C2H2O4/c1-10-2-4-11(5-3-10)16-9-8-13-7-6-12(14)15;3-1(4)2(5)6/h2-5,13H,6-9H2,1H3,(H,14,15);(H,3,4)(H,5,6). The van der Waals surface area contributed by atoms with Crippen molar-refractivity contribution in [2.75, 3.05) is 19.7 Å². The van der Waals surface area contributed by atoms with Gasteiger partial charge in [-0.1, -0.05) is 17.7 Å². The molecule has 0 unspecified atom stereocenters. The fourth-order valence-electron chi connectivity index (χ4n) is 1.20. The molecule has 8 heteroatoms. The Morgan fingerprint density at radius 1 is 1.00 bits per heavy atom. The highest BCUT2D eigenvalue weighted by atomic mass is 16.5. The maximum Gasteiger partial charge on any atom is 0.414 e. The molecule has 0 aliphatic rings. The van der Waals surface area contributed by atoms with E-state index in [1.165, 1.54) is 5.56 Å². The summed E-state index contributed by atoms with van der Waals surface area (Å²) >= 11 is 0. The number of hydrogen-bond acceptors (Lipinski definition) is 5. The van der Waals surface area contributed by atoms with E-state index in [0.29, 0.717) is 19.7 Å². The zero-order chi connectivity index (χ0) is 17.0. The first-order valence-electron chi connectivity index (χ1n) is 6.41. The van der Waals surface area contributed by atoms with Crippen LogP contribution >= 0.6 is 0 Å². The number of carboxylic acid groups (broad SMARTS) is 3. The number of rotatable bonds is 7. The average molecular weight is 313 g/mol. The minimum absolute atomic E-state index is 0.143. The van der Waals surface area contributed by atoms with Crippen LogP contribution in [0.1, 0.15) is 12.0 Å². The minimum atomic E-state index is -1.82. The van der Waals surface area contributed by atoms with Gasteiger partial charge in [-0.3, -0.25) is 4.79 Å². The lowest BCUT2D eigenvalue weighted by Crippen LogP contribution is -2.23. The second-order valence-electron chi connectivity index (χ2n) is 4.17. The predicted octanol–water partition coefficient (Wildman–Crippen LogP) is 0.594. The van der Waals surface area contributed by atoms with Crippen molar-refractivity contribution in [2.45, 2.75) is 13.3 Å². The summed E-state index contributed by atoms with van der Waals surface area (Å²) in [6.45, 7) is 3.70. The Hall–Kier alpha value is -2.61. The maximum absolute atomic E-state index is 10.2. The van der Waals surface area contributed by atoms with Crippen molar-refractivity contribution in [2.24, 2.45) is 0 Å². The molecule has 0 saturated carbocycles. The fourth-order valence-corrected chi connectivity index (χ4v) is 1.20. The van der Waals surface area contributed by atoms with Crippen LogP contribution in [0.2, 0.25) is 0 Å². The van der Waals surface area contributed by atoms with Crippen LogP contribution in [0.15, 0.2) is 24.3 Å². The highest BCUT2D eigenvalue weighted by molar-refractivity contribution is 6.27. The smallest absolute Gasteiger partial charge is 0.414 e. The van der Waals surface area contributed by atoms with Gasteiger partial charge in [-0.25, -0.2) is 9.59 Å². The van der Waals surface area contributed by atoms with Crippen molar-refractivity contribution in [1.82, 2.24) is 5.32 Å². The SMILES string of the molecule is Cc1ccc(OCCNCCC(=O)O)cc1.O=C(O)C(=O)O. The molecule has 0 fully saturated rings. The monoisotopic (exact) mass is 313 g/mol. The van der Waals surface area contributed by atoms with E-state index in [0.717, 1.165) is 5.75 Å². The predicted molar refractivity (Wildman–Crippen MR) is 77.1 cm³/mol. The third-order valence-electron chi connectivity index (χ3n) is 2.27. The Kier molecular flexibility index (Phi) is 9.78. The Labute approximate surface area is 127 Å². The molecule has 0 atom stereocenters. The van der Waals surface area contributed by atoms with Crippen LogP contribution < -0.4 is 10.1 Å². The molecule has 1 aromatic carbocycles. The summed E-state index contributed by atoms with van der Waals surface area (Å²) < 4.78 is 5.46. The lowest BCUT2D eigenvalue weighted by Gasteiger charge is -2.06. The highest BCUT2D eigenvalue weighted by Crippen LogP contribution is 2.10. The molecule has 0 heterocycles. The van der Waals surface area contributed by atoms with Crippen LogP contribution in [0.25, 0.3) is 0 Å². The number of carbonyl (C=O) groups is 3. The lowest BCUT2D eigenvalue weighted by molar-refractivity contribution is -0.159. The summed E-state index contributed by atoms with van der Waals surface area (Å²) in [5.74, 6) is -3.59. The summed E-state index contributed by atoms with van der Waals surface area (Å²) in [5.41, 5.74) is 1.20. The van der Waals surface area contributed by atoms with Gasteiger partial charge in [0.15, 0.2) is 0 Å². The van der Waals surface area contributed by atoms with E-state index >= 15 is 0 Å². The quantitative estimate of drug-likeness (QED) is 0.424. The third kappa shape index (κ3) is 11.2. The fraction of sp³-hybridized carbons (Fsp3) is 0.357. The van der Waals surface area contributed by atoms with Gasteiger partial charge in [0.05, 0.1) is 6.42 Å². The van der Waals surface area contributed by atoms with Crippen molar-refractivity contribution in [3.63, 3.8) is 0 Å². The first-order valence-corrected chi connectivity index (χ1v) is 6.41. The van der Waals surface area contributed by atoms with Gasteiger partial charge in [0.25, 0.3) is 0 Å². The van der Waals surface area contributed by atoms with E-state index in [4.69, 9.17) is 29.6 Å². The summed E-state index contributed by atoms with van der Waals surface area (Å²) in [6.07, 6.45) is 0.143. The van der Waals surface area contributed by atoms with Gasteiger partial charge in [0, 0.05) is 13.1 Å². The van der Waals surface area contributed by atoms with Gasteiger partial charge in [-0.2, -0.15) is 0 Å². The second kappa shape index (κ2) is 11.1. The van der Waals surface area contributed by atoms with Crippen LogP contribution in [0.3, 0.4) is 0 Å². The number of aryl methyl sites for hydroxylation is 1. The van der Waals surface area contributed by atoms with Gasteiger partial charge in [-0.15, -0.1) is 0 Å². The van der Waals surface area contributed by atoms with Crippen LogP contribution in [0.4, 0.5) is 0 Å². The molecule has 0 bridgehead atoms. The molecule has 0 amide bonds. The summed E-state index contributed by atoms with van der Waals surface area (Å²) in [5, 5.41) is 26.2. The van der Waals surface area contributed by atoms with Gasteiger partial charge in [0.1, 0.15) is 12.4 Å². The molecule has 1 aromatic rings. The Morgan fingerprint density at radius 3 is 2.00 bits per heavy atom. The first kappa shape index (κ1) is 19.4. The molecule has 4 N–H and O–H groups in total. The van der Waals surface area contributed by atoms with E-state index in [2.05, 4.69) is 5.32 Å². The second-order valence-corrected chi connectivity index (χ2v) is 4.17. The first-order chi connectivity index (χ1) is 10.3. The summed E-state index contributed by atoms with van der Waals surface area (Å²) in [7, 11) is 0. The van der Waals surface area contributed by atoms with Crippen molar-refractivity contribution >= 4 is 17.9 Å².